The van der Waals surface area contributed by atoms with E-state index in [0.29, 0.717) is 0 Å². The zero-order valence-corrected chi connectivity index (χ0v) is 22.0. The van der Waals surface area contributed by atoms with Gasteiger partial charge in [0.15, 0.2) is 12.6 Å². The maximum atomic E-state index is 10.5. The molecule has 0 aromatic carbocycles. The topological polar surface area (TPSA) is 407 Å². The number of rotatable bonds is 20. The van der Waals surface area contributed by atoms with Crippen molar-refractivity contribution in [3.8, 4) is 0 Å². The third-order valence-electron chi connectivity index (χ3n) is 5.44. The Bertz CT molecular complexity index is 848. The Morgan fingerprint density at radius 3 is 1.48 bits per heavy atom. The Balaban J connectivity index is 0.000000845. The fourth-order valence-electron chi connectivity index (χ4n) is 3.12. The highest BCUT2D eigenvalue weighted by molar-refractivity contribution is 5.56. The third kappa shape index (κ3) is 13.6. The van der Waals surface area contributed by atoms with Crippen molar-refractivity contribution in [2.45, 2.75) is 55.1 Å². The lowest BCUT2D eigenvalue weighted by molar-refractivity contribution is -0.792. The normalized spacial score (nSPS) is 24.2. The van der Waals surface area contributed by atoms with Gasteiger partial charge in [0.05, 0.1) is 18.6 Å². The number of hydrogen-bond donors (Lipinski definition) is 8. The van der Waals surface area contributed by atoms with Crippen LogP contribution in [0.25, 0.3) is 0 Å². The van der Waals surface area contributed by atoms with E-state index >= 15 is 0 Å². The summed E-state index contributed by atoms with van der Waals surface area (Å²) < 4.78 is 10.1. The summed E-state index contributed by atoms with van der Waals surface area (Å²) in [5, 5.41) is 111. The predicted molar refractivity (Wildman–Crippen MR) is 124 cm³/mol. The van der Waals surface area contributed by atoms with Crippen molar-refractivity contribution in [1.29, 1.82) is 0 Å². The van der Waals surface area contributed by atoms with Crippen molar-refractivity contribution in [2.75, 3.05) is 39.6 Å². The molecule has 1 fully saturated rings. The van der Waals surface area contributed by atoms with Crippen LogP contribution in [0, 0.1) is 45.9 Å². The van der Waals surface area contributed by atoms with E-state index in [4.69, 9.17) is 19.7 Å². The Kier molecular flexibility index (Phi) is 17.6. The molecule has 1 saturated heterocycles. The maximum Gasteiger partial charge on any atom is 0.294 e. The fourth-order valence-corrected chi connectivity index (χ4v) is 3.12. The summed E-state index contributed by atoms with van der Waals surface area (Å²) >= 11 is 0. The van der Waals surface area contributed by atoms with Gasteiger partial charge in [-0.05, 0) is 0 Å². The summed E-state index contributed by atoms with van der Waals surface area (Å²) in [4.78, 5) is 66.7. The average Bonchev–Trinajstić information content (AvgIpc) is 2.97. The van der Waals surface area contributed by atoms with Crippen LogP contribution in [0.3, 0.4) is 0 Å². The molecule has 256 valence electrons. The summed E-state index contributed by atoms with van der Waals surface area (Å²) in [5.74, 6) is 0. The first kappa shape index (κ1) is 40.1. The lowest BCUT2D eigenvalue weighted by Crippen LogP contribution is -2.61. The molecule has 0 saturated carbocycles. The van der Waals surface area contributed by atoms with E-state index in [1.54, 1.807) is 0 Å². The largest absolute Gasteiger partial charge is 0.394 e. The van der Waals surface area contributed by atoms with Crippen LogP contribution < -0.4 is 0 Å². The van der Waals surface area contributed by atoms with Gasteiger partial charge in [-0.1, -0.05) is 0 Å². The highest BCUT2D eigenvalue weighted by Gasteiger charge is 2.46. The summed E-state index contributed by atoms with van der Waals surface area (Å²) in [5.41, 5.74) is -2.03. The van der Waals surface area contributed by atoms with Crippen molar-refractivity contribution >= 4 is 6.29 Å². The first-order chi connectivity index (χ1) is 20.4. The molecular weight excluding hydrogens is 628 g/mol. The number of aldehydes is 1. The summed E-state index contributed by atoms with van der Waals surface area (Å²) in [6, 6.07) is 0. The minimum absolute atomic E-state index is 0.0294. The van der Waals surface area contributed by atoms with Crippen LogP contribution in [0.2, 0.25) is 0 Å². The Hall–Kier alpha value is -3.93. The Morgan fingerprint density at radius 1 is 0.750 bits per heavy atom. The summed E-state index contributed by atoms with van der Waals surface area (Å²) in [6.07, 6.45) is -15.7. The van der Waals surface area contributed by atoms with Gasteiger partial charge in [-0.2, -0.15) is 0 Å². The second kappa shape index (κ2) is 19.4. The number of aliphatic hydroxyl groups excluding tert-OH is 8. The molecule has 0 bridgehead atoms. The Labute approximate surface area is 242 Å². The molecule has 8 N–H and O–H groups in total. The van der Waals surface area contributed by atoms with Crippen molar-refractivity contribution in [2.24, 2.45) is 5.41 Å². The van der Waals surface area contributed by atoms with Gasteiger partial charge in [-0.15, -0.1) is 40.5 Å². The molecule has 0 aromatic rings. The molecule has 27 nitrogen and oxygen atoms in total. The van der Waals surface area contributed by atoms with E-state index in [-0.39, 0.29) is 6.29 Å². The molecule has 9 atom stereocenters. The van der Waals surface area contributed by atoms with Gasteiger partial charge >= 0.3 is 0 Å². The molecule has 1 rings (SSSR count). The Morgan fingerprint density at radius 2 is 1.16 bits per heavy atom. The van der Waals surface area contributed by atoms with Gasteiger partial charge in [-0.3, -0.25) is 0 Å². The van der Waals surface area contributed by atoms with Crippen LogP contribution in [0.15, 0.2) is 0 Å². The predicted octanol–water partition coefficient (Wildman–Crippen LogP) is -6.75. The van der Waals surface area contributed by atoms with Crippen molar-refractivity contribution < 1.29 is 94.8 Å². The monoisotopic (exact) mass is 658 g/mol. The fraction of sp³-hybridized carbons (Fsp3) is 0.941. The first-order valence-corrected chi connectivity index (χ1v) is 11.6. The zero-order valence-electron chi connectivity index (χ0n) is 22.0. The number of carbonyl (C=O) groups excluding carboxylic acids is 1. The van der Waals surface area contributed by atoms with Gasteiger partial charge in [-0.25, -0.2) is 0 Å². The number of ether oxygens (including phenoxy) is 2. The van der Waals surface area contributed by atoms with E-state index in [2.05, 4.69) is 19.4 Å². The van der Waals surface area contributed by atoms with Gasteiger partial charge in [0.1, 0.15) is 75.3 Å². The van der Waals surface area contributed by atoms with Crippen molar-refractivity contribution in [1.82, 2.24) is 0 Å². The van der Waals surface area contributed by atoms with Gasteiger partial charge in [0, 0.05) is 0 Å². The number of carbonyl (C=O) groups is 1. The van der Waals surface area contributed by atoms with Gasteiger partial charge in [0.25, 0.3) is 20.3 Å². The first-order valence-electron chi connectivity index (χ1n) is 11.6. The smallest absolute Gasteiger partial charge is 0.294 e. The molecule has 0 aliphatic carbocycles. The molecule has 27 heteroatoms. The molecule has 0 spiro atoms. The lowest BCUT2D eigenvalue weighted by Gasteiger charge is -2.42. The van der Waals surface area contributed by atoms with Crippen molar-refractivity contribution in [3.63, 3.8) is 0 Å². The van der Waals surface area contributed by atoms with E-state index in [9.17, 15) is 75.9 Å². The highest BCUT2D eigenvalue weighted by atomic mass is 17.0. The highest BCUT2D eigenvalue weighted by Crippen LogP contribution is 2.25. The van der Waals surface area contributed by atoms with Crippen molar-refractivity contribution in [3.05, 3.63) is 40.5 Å². The van der Waals surface area contributed by atoms with Crippen LogP contribution in [-0.4, -0.2) is 162 Å². The summed E-state index contributed by atoms with van der Waals surface area (Å²) in [7, 11) is 0. The number of nitrogens with zero attached hydrogens (tertiary/aromatic N) is 4. The maximum absolute atomic E-state index is 10.5. The molecule has 44 heavy (non-hydrogen) atoms. The molecule has 0 radical (unpaired) electrons. The van der Waals surface area contributed by atoms with Gasteiger partial charge < -0.3 is 74.5 Å². The average molecular weight is 658 g/mol. The summed E-state index contributed by atoms with van der Waals surface area (Å²) in [6.45, 7) is -5.77. The van der Waals surface area contributed by atoms with E-state index < -0.39 is 121 Å². The second-order valence-corrected chi connectivity index (χ2v) is 8.65. The third-order valence-corrected chi connectivity index (χ3v) is 5.44. The van der Waals surface area contributed by atoms with E-state index in [1.165, 1.54) is 0 Å². The standard InChI is InChI=1S/C12H22O11.C5H8N4O12/c13-1-4(16)7(18)11(5(17)2-14)23-12-10(21)9(20)8(19)6(3-15)22-12;10-6(11)18-1-5(2-19-7(12)13,3-20-8(14)15)4-21-9(16)17/h1,4-12,14-21H,2-3H2;1-4H2/t4-,5+,6+,7+,8-,9-,10+,11+,12-;/m0./s1. The second-order valence-electron chi connectivity index (χ2n) is 8.65. The van der Waals surface area contributed by atoms with Crippen LogP contribution in [0.5, 0.6) is 0 Å². The quantitative estimate of drug-likeness (QED) is 0.0342. The molecule has 0 amide bonds. The number of aliphatic hydroxyl groups is 8. The lowest BCUT2D eigenvalue weighted by atomic mass is 9.92. The molecule has 1 aliphatic heterocycles. The minimum Gasteiger partial charge on any atom is -0.394 e. The van der Waals surface area contributed by atoms with E-state index in [0.717, 1.165) is 0 Å². The van der Waals surface area contributed by atoms with Crippen LogP contribution >= 0.6 is 0 Å². The molecular formula is C17H30N4O23. The molecule has 0 unspecified atom stereocenters. The minimum atomic E-state index is -2.03. The van der Waals surface area contributed by atoms with Gasteiger partial charge in [0.2, 0.25) is 0 Å². The molecule has 1 heterocycles. The molecule has 0 aromatic heterocycles. The van der Waals surface area contributed by atoms with Crippen LogP contribution in [-0.2, 0) is 33.6 Å². The SMILES string of the molecule is O=C[C@H](O)[C@@H](O)[C@H](O[C@@H]1O[C@H](CO)[C@H](O)[C@H](O)[C@H]1O)[C@H](O)CO.O=[N+]([O-])OCC(CO[N+](=O)[O-])(CO[N+](=O)[O-])CO[N+](=O)[O-]. The van der Waals surface area contributed by atoms with E-state index in [1.807, 2.05) is 0 Å². The van der Waals surface area contributed by atoms with Crippen LogP contribution in [0.1, 0.15) is 0 Å². The number of hydrogen-bond acceptors (Lipinski definition) is 23. The zero-order chi connectivity index (χ0) is 34.2. The van der Waals surface area contributed by atoms with Crippen LogP contribution in [0.4, 0.5) is 0 Å². The molecule has 1 aliphatic rings.